The lowest BCUT2D eigenvalue weighted by Gasteiger charge is -2.17. The summed E-state index contributed by atoms with van der Waals surface area (Å²) in [6.45, 7) is 0. The minimum absolute atomic E-state index is 0.0708. The second kappa shape index (κ2) is 6.50. The molecule has 0 saturated carbocycles. The van der Waals surface area contributed by atoms with Crippen LogP contribution >= 0.6 is 11.6 Å². The summed E-state index contributed by atoms with van der Waals surface area (Å²) in [5.74, 6) is -1.12. The summed E-state index contributed by atoms with van der Waals surface area (Å²) in [6, 6.07) is 16.0. The van der Waals surface area contributed by atoms with Crippen molar-refractivity contribution in [1.29, 1.82) is 0 Å². The average molecular weight is 368 g/mol. The van der Waals surface area contributed by atoms with Crippen molar-refractivity contribution in [3.8, 4) is 0 Å². The number of amides is 2. The molecule has 26 heavy (non-hydrogen) atoms. The van der Waals surface area contributed by atoms with E-state index in [1.54, 1.807) is 0 Å². The molecular weight excluding hydrogens is 350 g/mol. The smallest absolute Gasteiger partial charge is 0.267 e. The fraction of sp³-hybridized carbons (Fsp3) is 0.200. The summed E-state index contributed by atoms with van der Waals surface area (Å²) >= 11 is 5.64. The van der Waals surface area contributed by atoms with Crippen molar-refractivity contribution in [2.75, 3.05) is 11.2 Å². The van der Waals surface area contributed by atoms with Crippen molar-refractivity contribution in [1.82, 2.24) is 4.57 Å². The lowest BCUT2D eigenvalue weighted by Crippen LogP contribution is -2.23. The monoisotopic (exact) mass is 367 g/mol. The molecule has 0 unspecified atom stereocenters. The molecule has 1 aliphatic carbocycles. The number of nitrogens with zero attached hydrogens (tertiary/aromatic N) is 1. The van der Waals surface area contributed by atoms with Gasteiger partial charge in [0.25, 0.3) is 5.91 Å². The molecule has 0 radical (unpaired) electrons. The van der Waals surface area contributed by atoms with Gasteiger partial charge in [0.2, 0.25) is 5.91 Å². The fourth-order valence-corrected chi connectivity index (χ4v) is 3.97. The number of rotatable bonds is 4. The van der Waals surface area contributed by atoms with E-state index in [4.69, 9.17) is 17.3 Å². The Hall–Kier alpha value is -2.79. The number of carbonyl (C=O) groups excluding carboxylic acids is 2. The number of carbonyl (C=O) groups is 2. The van der Waals surface area contributed by atoms with Gasteiger partial charge in [0, 0.05) is 11.4 Å². The van der Waals surface area contributed by atoms with Gasteiger partial charge in [0.05, 0.1) is 11.2 Å². The highest BCUT2D eigenvalue weighted by Gasteiger charge is 2.30. The van der Waals surface area contributed by atoms with Crippen LogP contribution in [0.3, 0.4) is 0 Å². The molecule has 2 aromatic carbocycles. The highest BCUT2D eigenvalue weighted by molar-refractivity contribution is 6.30. The number of benzene rings is 2. The van der Waals surface area contributed by atoms with Crippen LogP contribution in [-0.4, -0.2) is 22.3 Å². The first-order valence-corrected chi connectivity index (χ1v) is 8.99. The highest BCUT2D eigenvalue weighted by Crippen LogP contribution is 2.38. The van der Waals surface area contributed by atoms with Crippen molar-refractivity contribution >= 4 is 40.0 Å². The van der Waals surface area contributed by atoms with Crippen molar-refractivity contribution in [3.63, 3.8) is 0 Å². The van der Waals surface area contributed by atoms with E-state index < -0.39 is 5.91 Å². The van der Waals surface area contributed by atoms with Crippen LogP contribution in [0.4, 0.5) is 5.69 Å². The van der Waals surface area contributed by atoms with E-state index in [0.29, 0.717) is 11.4 Å². The van der Waals surface area contributed by atoms with Crippen LogP contribution in [0.5, 0.6) is 0 Å². The highest BCUT2D eigenvalue weighted by atomic mass is 35.5. The Morgan fingerprint density at radius 2 is 1.69 bits per heavy atom. The summed E-state index contributed by atoms with van der Waals surface area (Å²) in [7, 11) is 0. The Labute approximate surface area is 155 Å². The van der Waals surface area contributed by atoms with E-state index in [2.05, 4.69) is 17.4 Å². The quantitative estimate of drug-likeness (QED) is 0.694. The Kier molecular flexibility index (Phi) is 4.17. The Balaban J connectivity index is 1.91. The summed E-state index contributed by atoms with van der Waals surface area (Å²) < 4.78 is 1.97. The van der Waals surface area contributed by atoms with Crippen molar-refractivity contribution in [2.24, 2.45) is 5.73 Å². The Morgan fingerprint density at radius 1 is 1.08 bits per heavy atom. The van der Waals surface area contributed by atoms with Gasteiger partial charge in [0.15, 0.2) is 0 Å². The first-order valence-electron chi connectivity index (χ1n) is 8.45. The molecule has 0 saturated heterocycles. The lowest BCUT2D eigenvalue weighted by atomic mass is 10.1. The third kappa shape index (κ3) is 2.65. The largest absolute Gasteiger partial charge is 0.364 e. The molecular formula is C20H18ClN3O2. The number of primary amides is 1. The van der Waals surface area contributed by atoms with Crippen LogP contribution in [0.25, 0.3) is 10.9 Å². The molecule has 0 fully saturated rings. The molecule has 1 aliphatic rings. The number of halogens is 1. The predicted octanol–water partition coefficient (Wildman–Crippen LogP) is 3.26. The normalized spacial score (nSPS) is 13.7. The molecule has 6 heteroatoms. The van der Waals surface area contributed by atoms with E-state index in [-0.39, 0.29) is 17.8 Å². The number of para-hydroxylation sites is 1. The van der Waals surface area contributed by atoms with Gasteiger partial charge in [-0.05, 0) is 30.0 Å². The number of hydrogen-bond donors (Lipinski definition) is 2. The average Bonchev–Trinajstić information content (AvgIpc) is 3.20. The summed E-state index contributed by atoms with van der Waals surface area (Å²) in [6.07, 6.45) is 1.63. The zero-order valence-electron chi connectivity index (χ0n) is 14.0. The van der Waals surface area contributed by atoms with E-state index in [0.717, 1.165) is 23.7 Å². The topological polar surface area (TPSA) is 77.1 Å². The third-order valence-corrected chi connectivity index (χ3v) is 5.17. The molecule has 1 aromatic heterocycles. The van der Waals surface area contributed by atoms with E-state index in [9.17, 15) is 9.59 Å². The molecule has 3 aromatic rings. The molecule has 3 N–H and O–H groups in total. The lowest BCUT2D eigenvalue weighted by molar-refractivity contribution is -0.113. The van der Waals surface area contributed by atoms with Crippen LogP contribution < -0.4 is 11.1 Å². The van der Waals surface area contributed by atoms with Crippen LogP contribution in [-0.2, 0) is 17.6 Å². The maximum absolute atomic E-state index is 12.3. The van der Waals surface area contributed by atoms with Gasteiger partial charge < -0.3 is 15.6 Å². The number of alkyl halides is 1. The van der Waals surface area contributed by atoms with Crippen LogP contribution in [0.2, 0.25) is 0 Å². The standard InChI is InChI=1S/C20H18ClN3O2/c21-11-17(25)23-18-15-7-3-4-8-16(15)24(19(18)20(22)26)14-9-12-5-1-2-6-13(12)10-14/h1-8,14H,9-11H2,(H2,22,26)(H,23,25). The van der Waals surface area contributed by atoms with Crippen molar-refractivity contribution in [2.45, 2.75) is 18.9 Å². The van der Waals surface area contributed by atoms with Gasteiger partial charge in [-0.25, -0.2) is 0 Å². The summed E-state index contributed by atoms with van der Waals surface area (Å²) in [4.78, 5) is 24.2. The third-order valence-electron chi connectivity index (χ3n) is 4.92. The molecule has 2 amide bonds. The predicted molar refractivity (Wildman–Crippen MR) is 103 cm³/mol. The number of nitrogens with two attached hydrogens (primary N) is 1. The SMILES string of the molecule is NC(=O)c1c(NC(=O)CCl)c2ccccc2n1C1Cc2ccccc2C1. The molecule has 0 spiro atoms. The number of anilines is 1. The van der Waals surface area contributed by atoms with Gasteiger partial charge in [-0.2, -0.15) is 0 Å². The minimum atomic E-state index is -0.568. The second-order valence-corrected chi connectivity index (χ2v) is 6.75. The molecule has 0 bridgehead atoms. The molecule has 132 valence electrons. The van der Waals surface area contributed by atoms with E-state index in [1.165, 1.54) is 11.1 Å². The van der Waals surface area contributed by atoms with Crippen molar-refractivity contribution < 1.29 is 9.59 Å². The number of nitrogens with one attached hydrogen (secondary N) is 1. The van der Waals surface area contributed by atoms with Gasteiger partial charge in [-0.3, -0.25) is 9.59 Å². The maximum atomic E-state index is 12.3. The molecule has 0 aliphatic heterocycles. The van der Waals surface area contributed by atoms with E-state index >= 15 is 0 Å². The molecule has 4 rings (SSSR count). The number of hydrogen-bond acceptors (Lipinski definition) is 2. The first-order chi connectivity index (χ1) is 12.6. The van der Waals surface area contributed by atoms with E-state index in [1.807, 2.05) is 41.0 Å². The maximum Gasteiger partial charge on any atom is 0.267 e. The van der Waals surface area contributed by atoms with Gasteiger partial charge >= 0.3 is 0 Å². The van der Waals surface area contributed by atoms with Crippen LogP contribution in [0.15, 0.2) is 48.5 Å². The fourth-order valence-electron chi connectivity index (χ4n) is 3.90. The second-order valence-electron chi connectivity index (χ2n) is 6.49. The number of aromatic nitrogens is 1. The van der Waals surface area contributed by atoms with Gasteiger partial charge in [0.1, 0.15) is 11.6 Å². The zero-order valence-corrected chi connectivity index (χ0v) is 14.8. The molecule has 0 atom stereocenters. The Morgan fingerprint density at radius 3 is 2.31 bits per heavy atom. The van der Waals surface area contributed by atoms with Crippen molar-refractivity contribution in [3.05, 3.63) is 65.4 Å². The minimum Gasteiger partial charge on any atom is -0.364 e. The van der Waals surface area contributed by atoms with Gasteiger partial charge in [-0.15, -0.1) is 11.6 Å². The van der Waals surface area contributed by atoms with Crippen LogP contribution in [0.1, 0.15) is 27.7 Å². The van der Waals surface area contributed by atoms with Crippen LogP contribution in [0, 0.1) is 0 Å². The summed E-state index contributed by atoms with van der Waals surface area (Å²) in [5, 5.41) is 3.54. The zero-order chi connectivity index (χ0) is 18.3. The van der Waals surface area contributed by atoms with Gasteiger partial charge in [-0.1, -0.05) is 42.5 Å². The number of fused-ring (bicyclic) bond motifs is 2. The molecule has 1 heterocycles. The Bertz CT molecular complexity index is 1000. The first kappa shape index (κ1) is 16.7. The summed E-state index contributed by atoms with van der Waals surface area (Å²) in [5.41, 5.74) is 9.92. The molecule has 5 nitrogen and oxygen atoms in total.